The highest BCUT2D eigenvalue weighted by Crippen LogP contribution is 2.36. The number of rotatable bonds is 5. The van der Waals surface area contributed by atoms with Crippen LogP contribution in [0.2, 0.25) is 0 Å². The van der Waals surface area contributed by atoms with Crippen LogP contribution < -0.4 is 9.47 Å². The molecule has 0 amide bonds. The van der Waals surface area contributed by atoms with Crippen molar-refractivity contribution in [2.45, 2.75) is 6.92 Å². The predicted octanol–water partition coefficient (Wildman–Crippen LogP) is 6.12. The summed E-state index contributed by atoms with van der Waals surface area (Å²) < 4.78 is 12.0. The maximum Gasteiger partial charge on any atom is 0.195 e. The third-order valence-corrected chi connectivity index (χ3v) is 5.84. The molecular formula is C24H20O3S. The second-order valence-electron chi connectivity index (χ2n) is 6.57. The van der Waals surface area contributed by atoms with Crippen LogP contribution in [0.3, 0.4) is 0 Å². The molecule has 0 aliphatic carbocycles. The lowest BCUT2D eigenvalue weighted by molar-refractivity contribution is 0.104. The first-order chi connectivity index (χ1) is 13.6. The minimum absolute atomic E-state index is 0.0235. The van der Waals surface area contributed by atoms with Crippen LogP contribution in [-0.2, 0) is 0 Å². The molecule has 3 nitrogen and oxygen atoms in total. The fourth-order valence-electron chi connectivity index (χ4n) is 3.48. The molecule has 0 fully saturated rings. The average Bonchev–Trinajstić information content (AvgIpc) is 3.17. The van der Waals surface area contributed by atoms with Crippen LogP contribution in [0.15, 0.2) is 66.0 Å². The number of carbonyl (C=O) groups is 1. The minimum Gasteiger partial charge on any atom is -0.497 e. The van der Waals surface area contributed by atoms with Crippen molar-refractivity contribution in [2.24, 2.45) is 0 Å². The van der Waals surface area contributed by atoms with Gasteiger partial charge >= 0.3 is 0 Å². The third-order valence-electron chi connectivity index (χ3n) is 4.88. The molecule has 0 aliphatic rings. The number of carbonyl (C=O) groups excluding carboxylic acids is 1. The Labute approximate surface area is 168 Å². The summed E-state index contributed by atoms with van der Waals surface area (Å²) in [6.45, 7) is 1.95. The number of ketones is 1. The molecule has 0 aliphatic heterocycles. The Morgan fingerprint density at radius 3 is 2.46 bits per heavy atom. The van der Waals surface area contributed by atoms with Crippen molar-refractivity contribution in [2.75, 3.05) is 14.2 Å². The van der Waals surface area contributed by atoms with Gasteiger partial charge in [0, 0.05) is 26.6 Å². The minimum atomic E-state index is 0.0235. The average molecular weight is 388 g/mol. The molecule has 0 atom stereocenters. The summed E-state index contributed by atoms with van der Waals surface area (Å²) >= 11 is 1.59. The first kappa shape index (κ1) is 18.3. The molecule has 4 rings (SSSR count). The van der Waals surface area contributed by atoms with Crippen molar-refractivity contribution in [3.05, 3.63) is 82.7 Å². The van der Waals surface area contributed by atoms with E-state index in [1.165, 1.54) is 0 Å². The molecule has 140 valence electrons. The Hall–Kier alpha value is -3.11. The maximum absolute atomic E-state index is 13.6. The van der Waals surface area contributed by atoms with Gasteiger partial charge in [0.15, 0.2) is 5.78 Å². The molecule has 0 bridgehead atoms. The van der Waals surface area contributed by atoms with Gasteiger partial charge in [0.05, 0.1) is 14.2 Å². The van der Waals surface area contributed by atoms with Gasteiger partial charge in [-0.3, -0.25) is 4.79 Å². The van der Waals surface area contributed by atoms with Crippen molar-refractivity contribution in [3.63, 3.8) is 0 Å². The monoisotopic (exact) mass is 388 g/mol. The normalized spacial score (nSPS) is 10.8. The maximum atomic E-state index is 13.6. The molecule has 4 heteroatoms. The fourth-order valence-corrected chi connectivity index (χ4v) is 4.42. The second-order valence-corrected chi connectivity index (χ2v) is 7.48. The molecule has 0 radical (unpaired) electrons. The number of benzene rings is 3. The number of ether oxygens (including phenoxy) is 2. The lowest BCUT2D eigenvalue weighted by atomic mass is 9.90. The van der Waals surface area contributed by atoms with E-state index in [0.29, 0.717) is 5.56 Å². The van der Waals surface area contributed by atoms with Gasteiger partial charge in [0.25, 0.3) is 0 Å². The van der Waals surface area contributed by atoms with E-state index in [0.717, 1.165) is 43.8 Å². The number of hydrogen-bond donors (Lipinski definition) is 0. The molecule has 1 aromatic heterocycles. The van der Waals surface area contributed by atoms with E-state index in [-0.39, 0.29) is 5.78 Å². The Bertz CT molecular complexity index is 1170. The van der Waals surface area contributed by atoms with Crippen molar-refractivity contribution in [3.8, 4) is 22.6 Å². The predicted molar refractivity (Wildman–Crippen MR) is 115 cm³/mol. The SMILES string of the molecule is COc1cccc(-c2cc(OC)cc(C)c2C(=O)c2csc3ccccc23)c1. The molecule has 0 saturated heterocycles. The number of thiophene rings is 1. The summed E-state index contributed by atoms with van der Waals surface area (Å²) in [6.07, 6.45) is 0. The highest BCUT2D eigenvalue weighted by molar-refractivity contribution is 7.17. The van der Waals surface area contributed by atoms with Gasteiger partial charge in [-0.2, -0.15) is 0 Å². The van der Waals surface area contributed by atoms with Gasteiger partial charge in [0.1, 0.15) is 11.5 Å². The van der Waals surface area contributed by atoms with E-state index in [1.54, 1.807) is 25.6 Å². The van der Waals surface area contributed by atoms with E-state index in [1.807, 2.05) is 73.0 Å². The lowest BCUT2D eigenvalue weighted by Gasteiger charge is -2.15. The second kappa shape index (κ2) is 7.49. The summed E-state index contributed by atoms with van der Waals surface area (Å²) in [7, 11) is 3.28. The lowest BCUT2D eigenvalue weighted by Crippen LogP contribution is -2.06. The molecule has 0 saturated carbocycles. The third kappa shape index (κ3) is 3.16. The summed E-state index contributed by atoms with van der Waals surface area (Å²) in [4.78, 5) is 13.6. The quantitative estimate of drug-likeness (QED) is 0.386. The van der Waals surface area contributed by atoms with Gasteiger partial charge in [-0.15, -0.1) is 11.3 Å². The van der Waals surface area contributed by atoms with Crippen molar-refractivity contribution < 1.29 is 14.3 Å². The Kier molecular flexibility index (Phi) is 4.88. The first-order valence-electron chi connectivity index (χ1n) is 8.96. The van der Waals surface area contributed by atoms with Gasteiger partial charge < -0.3 is 9.47 Å². The standard InChI is InChI=1S/C24H20O3S/c1-15-11-18(27-3)13-20(16-7-6-8-17(12-16)26-2)23(15)24(25)21-14-28-22-10-5-4-9-19(21)22/h4-14H,1-3H3. The zero-order chi connectivity index (χ0) is 19.7. The number of methoxy groups -OCH3 is 2. The van der Waals surface area contributed by atoms with Crippen LogP contribution in [0.1, 0.15) is 21.5 Å². The Morgan fingerprint density at radius 1 is 0.893 bits per heavy atom. The molecule has 0 unspecified atom stereocenters. The smallest absolute Gasteiger partial charge is 0.195 e. The van der Waals surface area contributed by atoms with Gasteiger partial charge in [0.2, 0.25) is 0 Å². The van der Waals surface area contributed by atoms with Crippen molar-refractivity contribution in [1.82, 2.24) is 0 Å². The van der Waals surface area contributed by atoms with E-state index in [2.05, 4.69) is 0 Å². The number of fused-ring (bicyclic) bond motifs is 1. The topological polar surface area (TPSA) is 35.5 Å². The van der Waals surface area contributed by atoms with E-state index >= 15 is 0 Å². The van der Waals surface area contributed by atoms with Crippen molar-refractivity contribution >= 4 is 27.2 Å². The molecular weight excluding hydrogens is 368 g/mol. The van der Waals surface area contributed by atoms with Crippen LogP contribution >= 0.6 is 11.3 Å². The fraction of sp³-hybridized carbons (Fsp3) is 0.125. The molecule has 4 aromatic rings. The highest BCUT2D eigenvalue weighted by atomic mass is 32.1. The summed E-state index contributed by atoms with van der Waals surface area (Å²) in [6, 6.07) is 19.6. The first-order valence-corrected chi connectivity index (χ1v) is 9.84. The number of aryl methyl sites for hydroxylation is 1. The molecule has 1 heterocycles. The summed E-state index contributed by atoms with van der Waals surface area (Å²) in [5.74, 6) is 1.50. The summed E-state index contributed by atoms with van der Waals surface area (Å²) in [5, 5.41) is 2.94. The van der Waals surface area contributed by atoms with Crippen molar-refractivity contribution in [1.29, 1.82) is 0 Å². The molecule has 0 spiro atoms. The van der Waals surface area contributed by atoms with Crippen LogP contribution in [0, 0.1) is 6.92 Å². The molecule has 3 aromatic carbocycles. The van der Waals surface area contributed by atoms with Gasteiger partial charge in [-0.25, -0.2) is 0 Å². The van der Waals surface area contributed by atoms with E-state index < -0.39 is 0 Å². The van der Waals surface area contributed by atoms with E-state index in [4.69, 9.17) is 9.47 Å². The largest absolute Gasteiger partial charge is 0.497 e. The van der Waals surface area contributed by atoms with Crippen LogP contribution in [0.4, 0.5) is 0 Å². The van der Waals surface area contributed by atoms with Gasteiger partial charge in [-0.05, 0) is 53.9 Å². The highest BCUT2D eigenvalue weighted by Gasteiger charge is 2.21. The zero-order valence-electron chi connectivity index (χ0n) is 16.0. The molecule has 0 N–H and O–H groups in total. The van der Waals surface area contributed by atoms with Gasteiger partial charge in [-0.1, -0.05) is 30.3 Å². The number of hydrogen-bond acceptors (Lipinski definition) is 4. The van der Waals surface area contributed by atoms with E-state index in [9.17, 15) is 4.79 Å². The summed E-state index contributed by atoms with van der Waals surface area (Å²) in [5.41, 5.74) is 4.08. The Morgan fingerprint density at radius 2 is 1.68 bits per heavy atom. The van der Waals surface area contributed by atoms with Crippen LogP contribution in [0.5, 0.6) is 11.5 Å². The zero-order valence-corrected chi connectivity index (χ0v) is 16.8. The van der Waals surface area contributed by atoms with Crippen LogP contribution in [-0.4, -0.2) is 20.0 Å². The Balaban J connectivity index is 1.94. The van der Waals surface area contributed by atoms with Crippen LogP contribution in [0.25, 0.3) is 21.2 Å². The molecule has 28 heavy (non-hydrogen) atoms.